The van der Waals surface area contributed by atoms with Crippen LogP contribution in [0.2, 0.25) is 0 Å². The Labute approximate surface area is 159 Å². The fourth-order valence-electron chi connectivity index (χ4n) is 4.48. The van der Waals surface area contributed by atoms with Crippen molar-refractivity contribution in [2.75, 3.05) is 33.3 Å². The smallest absolute Gasteiger partial charge is 0.320 e. The van der Waals surface area contributed by atoms with E-state index in [0.717, 1.165) is 32.4 Å². The number of carbonyl (C=O) groups excluding carboxylic acids is 1. The fraction of sp³-hybridized carbons (Fsp3) is 0.737. The highest BCUT2D eigenvalue weighted by molar-refractivity contribution is 5.93. The molecule has 1 aromatic rings. The third-order valence-electron chi connectivity index (χ3n) is 5.99. The van der Waals surface area contributed by atoms with E-state index in [9.17, 15) is 14.7 Å². The molecular weight excluding hydrogens is 350 g/mol. The summed E-state index contributed by atoms with van der Waals surface area (Å²) in [6.07, 6.45) is 3.25. The minimum Gasteiger partial charge on any atom is -0.480 e. The molecule has 2 aliphatic rings. The molecule has 1 aromatic heterocycles. The molecule has 0 bridgehead atoms. The molecule has 150 valence electrons. The Morgan fingerprint density at radius 3 is 2.67 bits per heavy atom. The van der Waals surface area contributed by atoms with Gasteiger partial charge in [0.25, 0.3) is 5.91 Å². The van der Waals surface area contributed by atoms with Gasteiger partial charge in [-0.2, -0.15) is 0 Å². The first-order valence-electron chi connectivity index (χ1n) is 9.61. The SMILES string of the molecule is CCCN1CC2(CCN(C(=O)c3noc(C)c3COC)CC2)C[C@H]1C(=O)O. The number of likely N-dealkylation sites (tertiary alicyclic amines) is 2. The minimum atomic E-state index is -0.735. The number of rotatable bonds is 6. The average molecular weight is 379 g/mol. The normalized spacial score (nSPS) is 22.5. The second-order valence-corrected chi connectivity index (χ2v) is 7.82. The van der Waals surface area contributed by atoms with Crippen LogP contribution in [0.1, 0.15) is 54.4 Å². The summed E-state index contributed by atoms with van der Waals surface area (Å²) >= 11 is 0. The first kappa shape index (κ1) is 19.8. The molecule has 1 atom stereocenters. The number of ether oxygens (including phenoxy) is 1. The number of nitrogens with zero attached hydrogens (tertiary/aromatic N) is 3. The minimum absolute atomic E-state index is 0.00981. The number of carboxylic acids is 1. The number of piperidine rings is 1. The summed E-state index contributed by atoms with van der Waals surface area (Å²) in [4.78, 5) is 28.4. The third kappa shape index (κ3) is 3.87. The van der Waals surface area contributed by atoms with Gasteiger partial charge >= 0.3 is 5.97 Å². The number of hydrogen-bond donors (Lipinski definition) is 1. The van der Waals surface area contributed by atoms with Gasteiger partial charge in [0.15, 0.2) is 5.69 Å². The Balaban J connectivity index is 1.67. The standard InChI is InChI=1S/C19H29N3O5/c1-4-7-22-12-19(10-15(22)18(24)25)5-8-21(9-6-19)17(23)16-14(11-26-3)13(2)27-20-16/h15H,4-12H2,1-3H3,(H,24,25)/t15-/m0/s1. The van der Waals surface area contributed by atoms with Crippen molar-refractivity contribution >= 4 is 11.9 Å². The quantitative estimate of drug-likeness (QED) is 0.806. The molecule has 0 aliphatic carbocycles. The van der Waals surface area contributed by atoms with Crippen LogP contribution >= 0.6 is 0 Å². The molecule has 0 saturated carbocycles. The largest absolute Gasteiger partial charge is 0.480 e. The van der Waals surface area contributed by atoms with Gasteiger partial charge in [-0.3, -0.25) is 14.5 Å². The average Bonchev–Trinajstić information content (AvgIpc) is 3.18. The van der Waals surface area contributed by atoms with Crippen molar-refractivity contribution in [2.24, 2.45) is 5.41 Å². The van der Waals surface area contributed by atoms with Crippen molar-refractivity contribution in [1.82, 2.24) is 15.0 Å². The highest BCUT2D eigenvalue weighted by Crippen LogP contribution is 2.43. The number of carboxylic acid groups (broad SMARTS) is 1. The van der Waals surface area contributed by atoms with E-state index < -0.39 is 12.0 Å². The van der Waals surface area contributed by atoms with E-state index in [0.29, 0.717) is 43.1 Å². The van der Waals surface area contributed by atoms with E-state index >= 15 is 0 Å². The molecule has 2 fully saturated rings. The van der Waals surface area contributed by atoms with Crippen LogP contribution in [0.25, 0.3) is 0 Å². The molecule has 0 aromatic carbocycles. The van der Waals surface area contributed by atoms with Gasteiger partial charge < -0.3 is 19.3 Å². The van der Waals surface area contributed by atoms with E-state index in [1.165, 1.54) is 0 Å². The summed E-state index contributed by atoms with van der Waals surface area (Å²) in [5.74, 6) is -0.267. The van der Waals surface area contributed by atoms with Gasteiger partial charge in [-0.1, -0.05) is 12.1 Å². The van der Waals surface area contributed by atoms with Crippen LogP contribution in [0.4, 0.5) is 0 Å². The van der Waals surface area contributed by atoms with Crippen molar-refractivity contribution in [3.8, 4) is 0 Å². The van der Waals surface area contributed by atoms with Crippen LogP contribution in [0.5, 0.6) is 0 Å². The Kier molecular flexibility index (Phi) is 5.86. The molecule has 8 nitrogen and oxygen atoms in total. The van der Waals surface area contributed by atoms with Gasteiger partial charge in [-0.15, -0.1) is 0 Å². The van der Waals surface area contributed by atoms with Crippen LogP contribution in [-0.4, -0.2) is 71.3 Å². The van der Waals surface area contributed by atoms with Gasteiger partial charge in [-0.25, -0.2) is 0 Å². The summed E-state index contributed by atoms with van der Waals surface area (Å²) in [6.45, 7) is 6.98. The second kappa shape index (κ2) is 7.98. The van der Waals surface area contributed by atoms with Crippen LogP contribution < -0.4 is 0 Å². The van der Waals surface area contributed by atoms with E-state index in [2.05, 4.69) is 17.0 Å². The molecule has 2 saturated heterocycles. The Morgan fingerprint density at radius 1 is 1.37 bits per heavy atom. The fourth-order valence-corrected chi connectivity index (χ4v) is 4.48. The molecule has 1 spiro atoms. The topological polar surface area (TPSA) is 96.1 Å². The number of aliphatic carboxylic acids is 1. The van der Waals surface area contributed by atoms with Crippen molar-refractivity contribution in [3.05, 3.63) is 17.0 Å². The van der Waals surface area contributed by atoms with Crippen LogP contribution in [0, 0.1) is 12.3 Å². The number of methoxy groups -OCH3 is 1. The zero-order chi connectivity index (χ0) is 19.6. The number of amides is 1. The molecular formula is C19H29N3O5. The van der Waals surface area contributed by atoms with Gasteiger partial charge in [0, 0.05) is 26.7 Å². The summed E-state index contributed by atoms with van der Waals surface area (Å²) in [5.41, 5.74) is 1.01. The van der Waals surface area contributed by atoms with Crippen molar-refractivity contribution in [2.45, 2.75) is 52.2 Å². The maximum absolute atomic E-state index is 12.9. The molecule has 3 rings (SSSR count). The molecule has 8 heteroatoms. The first-order chi connectivity index (χ1) is 12.9. The Morgan fingerprint density at radius 2 is 2.07 bits per heavy atom. The molecule has 1 amide bonds. The van der Waals surface area contributed by atoms with E-state index in [4.69, 9.17) is 9.26 Å². The lowest BCUT2D eigenvalue weighted by Gasteiger charge is -2.39. The van der Waals surface area contributed by atoms with Crippen LogP contribution in [-0.2, 0) is 16.1 Å². The molecule has 2 aliphatic heterocycles. The molecule has 0 radical (unpaired) electrons. The summed E-state index contributed by atoms with van der Waals surface area (Å²) in [6, 6.07) is -0.404. The summed E-state index contributed by atoms with van der Waals surface area (Å²) < 4.78 is 10.3. The highest BCUT2D eigenvalue weighted by atomic mass is 16.5. The predicted octanol–water partition coefficient (Wildman–Crippen LogP) is 1.92. The summed E-state index contributed by atoms with van der Waals surface area (Å²) in [5, 5.41) is 13.5. The second-order valence-electron chi connectivity index (χ2n) is 7.82. The lowest BCUT2D eigenvalue weighted by molar-refractivity contribution is -0.142. The van der Waals surface area contributed by atoms with E-state index in [1.54, 1.807) is 18.9 Å². The van der Waals surface area contributed by atoms with E-state index in [-0.39, 0.29) is 11.3 Å². The molecule has 27 heavy (non-hydrogen) atoms. The Bertz CT molecular complexity index is 694. The first-order valence-corrected chi connectivity index (χ1v) is 9.61. The Hall–Kier alpha value is -1.93. The van der Waals surface area contributed by atoms with Gasteiger partial charge in [0.2, 0.25) is 0 Å². The third-order valence-corrected chi connectivity index (χ3v) is 5.99. The van der Waals surface area contributed by atoms with Crippen LogP contribution in [0.3, 0.4) is 0 Å². The van der Waals surface area contributed by atoms with Crippen molar-refractivity contribution in [1.29, 1.82) is 0 Å². The number of aromatic nitrogens is 1. The lowest BCUT2D eigenvalue weighted by atomic mass is 9.76. The van der Waals surface area contributed by atoms with Gasteiger partial charge in [0.1, 0.15) is 11.8 Å². The number of hydrogen-bond acceptors (Lipinski definition) is 6. The number of carbonyl (C=O) groups is 2. The predicted molar refractivity (Wildman–Crippen MR) is 97.4 cm³/mol. The van der Waals surface area contributed by atoms with Crippen LogP contribution in [0.15, 0.2) is 4.52 Å². The van der Waals surface area contributed by atoms with Gasteiger partial charge in [0.05, 0.1) is 12.2 Å². The van der Waals surface area contributed by atoms with Crippen molar-refractivity contribution in [3.63, 3.8) is 0 Å². The molecule has 0 unspecified atom stereocenters. The maximum Gasteiger partial charge on any atom is 0.320 e. The monoisotopic (exact) mass is 379 g/mol. The number of aryl methyl sites for hydroxylation is 1. The zero-order valence-corrected chi connectivity index (χ0v) is 16.4. The molecule has 3 heterocycles. The maximum atomic E-state index is 12.9. The summed E-state index contributed by atoms with van der Waals surface area (Å²) in [7, 11) is 1.58. The van der Waals surface area contributed by atoms with E-state index in [1.807, 2.05) is 0 Å². The highest BCUT2D eigenvalue weighted by Gasteiger charge is 2.48. The molecule has 1 N–H and O–H groups in total. The lowest BCUT2D eigenvalue weighted by Crippen LogP contribution is -2.44. The zero-order valence-electron chi connectivity index (χ0n) is 16.4. The van der Waals surface area contributed by atoms with Gasteiger partial charge in [-0.05, 0) is 44.6 Å². The van der Waals surface area contributed by atoms with Crippen molar-refractivity contribution < 1.29 is 24.0 Å².